The second-order valence-electron chi connectivity index (χ2n) is 5.40. The molecule has 0 spiro atoms. The molecule has 0 saturated heterocycles. The first-order valence-corrected chi connectivity index (χ1v) is 5.86. The van der Waals surface area contributed by atoms with Crippen molar-refractivity contribution in [3.8, 4) is 11.3 Å². The SMILES string of the molecule is Bc1ccc(-c2cc(C(C)(C)C)ncn2)cc1. The fourth-order valence-electron chi connectivity index (χ4n) is 1.65. The first kappa shape index (κ1) is 11.8. The average Bonchev–Trinajstić information content (AvgIpc) is 2.29. The Hall–Kier alpha value is -1.64. The van der Waals surface area contributed by atoms with Crippen LogP contribution in [0.1, 0.15) is 26.5 Å². The maximum absolute atomic E-state index is 4.34. The zero-order chi connectivity index (χ0) is 12.5. The molecule has 0 aliphatic carbocycles. The van der Waals surface area contributed by atoms with Crippen LogP contribution < -0.4 is 5.46 Å². The summed E-state index contributed by atoms with van der Waals surface area (Å²) in [5, 5.41) is 0. The molecule has 0 aliphatic heterocycles. The van der Waals surface area contributed by atoms with Gasteiger partial charge in [-0.15, -0.1) is 0 Å². The highest BCUT2D eigenvalue weighted by Crippen LogP contribution is 2.23. The Labute approximate surface area is 104 Å². The smallest absolute Gasteiger partial charge is 0.139 e. The Morgan fingerprint density at radius 1 is 1.00 bits per heavy atom. The van der Waals surface area contributed by atoms with Crippen molar-refractivity contribution in [2.45, 2.75) is 26.2 Å². The lowest BCUT2D eigenvalue weighted by atomic mass is 9.90. The Morgan fingerprint density at radius 3 is 2.24 bits per heavy atom. The summed E-state index contributed by atoms with van der Waals surface area (Å²) in [6.07, 6.45) is 1.65. The number of benzene rings is 1. The molecule has 0 saturated carbocycles. The van der Waals surface area contributed by atoms with E-state index in [2.05, 4.69) is 68.9 Å². The average molecular weight is 224 g/mol. The standard InChI is InChI=1S/C14H17BN2/c1-14(2,3)13-8-12(16-9-17-13)10-4-6-11(15)7-5-10/h4-9H,15H2,1-3H3. The van der Waals surface area contributed by atoms with E-state index in [0.29, 0.717) is 0 Å². The highest BCUT2D eigenvalue weighted by molar-refractivity contribution is 6.32. The molecule has 0 aliphatic rings. The fraction of sp³-hybridized carbons (Fsp3) is 0.286. The van der Waals surface area contributed by atoms with Gasteiger partial charge in [-0.05, 0) is 6.07 Å². The van der Waals surface area contributed by atoms with Crippen molar-refractivity contribution in [2.75, 3.05) is 0 Å². The van der Waals surface area contributed by atoms with Gasteiger partial charge in [-0.3, -0.25) is 0 Å². The molecule has 17 heavy (non-hydrogen) atoms. The van der Waals surface area contributed by atoms with Crippen LogP contribution in [0.4, 0.5) is 0 Å². The molecule has 0 atom stereocenters. The first-order chi connectivity index (χ1) is 7.97. The third-order valence-electron chi connectivity index (χ3n) is 2.78. The van der Waals surface area contributed by atoms with Crippen molar-refractivity contribution in [1.29, 1.82) is 0 Å². The highest BCUT2D eigenvalue weighted by atomic mass is 14.8. The molecule has 0 unspecified atom stereocenters. The molecule has 2 rings (SSSR count). The van der Waals surface area contributed by atoms with Crippen molar-refractivity contribution in [1.82, 2.24) is 9.97 Å². The molecule has 0 fully saturated rings. The molecule has 2 nitrogen and oxygen atoms in total. The third-order valence-corrected chi connectivity index (χ3v) is 2.78. The molecule has 1 heterocycles. The van der Waals surface area contributed by atoms with Crippen LogP contribution >= 0.6 is 0 Å². The molecule has 0 radical (unpaired) electrons. The van der Waals surface area contributed by atoms with Gasteiger partial charge in [0.15, 0.2) is 0 Å². The second-order valence-corrected chi connectivity index (χ2v) is 5.40. The summed E-state index contributed by atoms with van der Waals surface area (Å²) >= 11 is 0. The van der Waals surface area contributed by atoms with Gasteiger partial charge in [0.05, 0.1) is 5.69 Å². The maximum Gasteiger partial charge on any atom is 0.139 e. The van der Waals surface area contributed by atoms with Crippen LogP contribution in [0.25, 0.3) is 11.3 Å². The first-order valence-electron chi connectivity index (χ1n) is 5.86. The van der Waals surface area contributed by atoms with Crippen LogP contribution in [0.2, 0.25) is 0 Å². The van der Waals surface area contributed by atoms with E-state index in [9.17, 15) is 0 Å². The minimum atomic E-state index is 0.0579. The van der Waals surface area contributed by atoms with Crippen LogP contribution in [0, 0.1) is 0 Å². The normalized spacial score (nSPS) is 11.5. The molecule has 1 aromatic carbocycles. The van der Waals surface area contributed by atoms with E-state index in [1.807, 2.05) is 0 Å². The predicted molar refractivity (Wildman–Crippen MR) is 74.3 cm³/mol. The summed E-state index contributed by atoms with van der Waals surface area (Å²) in [5.74, 6) is 0. The molecule has 0 amide bonds. The summed E-state index contributed by atoms with van der Waals surface area (Å²) < 4.78 is 0. The van der Waals surface area contributed by atoms with Gasteiger partial charge in [-0.1, -0.05) is 50.5 Å². The molecule has 3 heteroatoms. The van der Waals surface area contributed by atoms with Crippen LogP contribution in [-0.4, -0.2) is 17.8 Å². The van der Waals surface area contributed by atoms with Crippen LogP contribution in [0.3, 0.4) is 0 Å². The van der Waals surface area contributed by atoms with Crippen molar-refractivity contribution in [2.24, 2.45) is 0 Å². The topological polar surface area (TPSA) is 25.8 Å². The zero-order valence-electron chi connectivity index (χ0n) is 10.9. The third kappa shape index (κ3) is 2.73. The van der Waals surface area contributed by atoms with Crippen LogP contribution in [0.15, 0.2) is 36.7 Å². The van der Waals surface area contributed by atoms with Gasteiger partial charge in [0.25, 0.3) is 0 Å². The molecule has 86 valence electrons. The lowest BCUT2D eigenvalue weighted by Crippen LogP contribution is -2.13. The van der Waals surface area contributed by atoms with Crippen molar-refractivity contribution < 1.29 is 0 Å². The lowest BCUT2D eigenvalue weighted by molar-refractivity contribution is 0.567. The Bertz CT molecular complexity index is 512. The van der Waals surface area contributed by atoms with Gasteiger partial charge in [-0.25, -0.2) is 9.97 Å². The van der Waals surface area contributed by atoms with E-state index in [0.717, 1.165) is 17.0 Å². The maximum atomic E-state index is 4.34. The summed E-state index contributed by atoms with van der Waals surface area (Å²) in [7, 11) is 2.09. The quantitative estimate of drug-likeness (QED) is 0.689. The van der Waals surface area contributed by atoms with E-state index < -0.39 is 0 Å². The Morgan fingerprint density at radius 2 is 1.65 bits per heavy atom. The van der Waals surface area contributed by atoms with E-state index in [4.69, 9.17) is 0 Å². The summed E-state index contributed by atoms with van der Waals surface area (Å²) in [6, 6.07) is 10.5. The van der Waals surface area contributed by atoms with Crippen molar-refractivity contribution in [3.63, 3.8) is 0 Å². The number of hydrogen-bond donors (Lipinski definition) is 0. The molecule has 0 N–H and O–H groups in total. The number of nitrogens with zero attached hydrogens (tertiary/aromatic N) is 2. The largest absolute Gasteiger partial charge is 0.241 e. The van der Waals surface area contributed by atoms with E-state index in [1.165, 1.54) is 5.46 Å². The van der Waals surface area contributed by atoms with Gasteiger partial charge in [0.1, 0.15) is 14.2 Å². The number of hydrogen-bond acceptors (Lipinski definition) is 2. The van der Waals surface area contributed by atoms with Gasteiger partial charge in [-0.2, -0.15) is 0 Å². The van der Waals surface area contributed by atoms with E-state index in [1.54, 1.807) is 6.33 Å². The van der Waals surface area contributed by atoms with Gasteiger partial charge in [0.2, 0.25) is 0 Å². The van der Waals surface area contributed by atoms with Gasteiger partial charge < -0.3 is 0 Å². The zero-order valence-corrected chi connectivity index (χ0v) is 10.9. The summed E-state index contributed by atoms with van der Waals surface area (Å²) in [4.78, 5) is 8.68. The van der Waals surface area contributed by atoms with Crippen LogP contribution in [0.5, 0.6) is 0 Å². The molecule has 0 bridgehead atoms. The molecule has 1 aromatic heterocycles. The van der Waals surface area contributed by atoms with Crippen LogP contribution in [-0.2, 0) is 5.41 Å². The molecule has 2 aromatic rings. The minimum absolute atomic E-state index is 0.0579. The lowest BCUT2D eigenvalue weighted by Gasteiger charge is -2.17. The van der Waals surface area contributed by atoms with Gasteiger partial charge in [0, 0.05) is 16.7 Å². The van der Waals surface area contributed by atoms with Crippen molar-refractivity contribution in [3.05, 3.63) is 42.4 Å². The van der Waals surface area contributed by atoms with E-state index in [-0.39, 0.29) is 5.41 Å². The predicted octanol–water partition coefficient (Wildman–Crippen LogP) is 1.70. The summed E-state index contributed by atoms with van der Waals surface area (Å²) in [6.45, 7) is 6.48. The monoisotopic (exact) mass is 224 g/mol. The van der Waals surface area contributed by atoms with Crippen molar-refractivity contribution >= 4 is 13.3 Å². The summed E-state index contributed by atoms with van der Waals surface area (Å²) in [5.41, 5.74) is 4.53. The van der Waals surface area contributed by atoms with E-state index >= 15 is 0 Å². The Kier molecular flexibility index (Phi) is 3.01. The highest BCUT2D eigenvalue weighted by Gasteiger charge is 2.16. The molecular weight excluding hydrogens is 207 g/mol. The number of rotatable bonds is 1. The van der Waals surface area contributed by atoms with Gasteiger partial charge >= 0.3 is 0 Å². The fourth-order valence-corrected chi connectivity index (χ4v) is 1.65. The minimum Gasteiger partial charge on any atom is -0.241 e. The molecular formula is C14H17BN2. The Balaban J connectivity index is 2.43. The second kappa shape index (κ2) is 4.32. The number of aromatic nitrogens is 2.